The van der Waals surface area contributed by atoms with Crippen LogP contribution in [0.1, 0.15) is 50.7 Å². The quantitative estimate of drug-likeness (QED) is 0.724. The molecule has 3 N–H and O–H groups in total. The number of unbranched alkanes of at least 4 members (excludes halogenated alkanes) is 1. The van der Waals surface area contributed by atoms with Crippen molar-refractivity contribution in [1.82, 2.24) is 5.32 Å². The molecule has 1 atom stereocenters. The fourth-order valence-electron chi connectivity index (χ4n) is 2.14. The first kappa shape index (κ1) is 17.6. The third kappa shape index (κ3) is 5.42. The molecule has 0 saturated carbocycles. The van der Waals surface area contributed by atoms with Gasteiger partial charge in [0.15, 0.2) is 0 Å². The van der Waals surface area contributed by atoms with Gasteiger partial charge in [-0.1, -0.05) is 51.0 Å². The summed E-state index contributed by atoms with van der Waals surface area (Å²) in [6, 6.07) is 4.58. The van der Waals surface area contributed by atoms with Crippen molar-refractivity contribution in [3.8, 4) is 0 Å². The second-order valence-corrected chi connectivity index (χ2v) is 5.58. The lowest BCUT2D eigenvalue weighted by Crippen LogP contribution is -2.30. The van der Waals surface area contributed by atoms with E-state index in [2.05, 4.69) is 12.2 Å². The second-order valence-electron chi connectivity index (χ2n) is 5.14. The van der Waals surface area contributed by atoms with Gasteiger partial charge < -0.3 is 11.1 Å². The average molecular weight is 310 g/mol. The van der Waals surface area contributed by atoms with Crippen molar-refractivity contribution in [2.24, 2.45) is 11.7 Å². The highest BCUT2D eigenvalue weighted by atomic mass is 32.1. The van der Waals surface area contributed by atoms with Gasteiger partial charge in [0.05, 0.1) is 0 Å². The summed E-state index contributed by atoms with van der Waals surface area (Å²) in [5, 5.41) is 2.81. The predicted octanol–water partition coefficient (Wildman–Crippen LogP) is 3.29. The van der Waals surface area contributed by atoms with Crippen LogP contribution >= 0.6 is 12.2 Å². The lowest BCUT2D eigenvalue weighted by Gasteiger charge is -2.15. The van der Waals surface area contributed by atoms with Crippen LogP contribution in [0.2, 0.25) is 0 Å². The van der Waals surface area contributed by atoms with E-state index in [9.17, 15) is 9.18 Å². The molecule has 1 aromatic carbocycles. The van der Waals surface area contributed by atoms with E-state index in [0.29, 0.717) is 11.1 Å². The van der Waals surface area contributed by atoms with Crippen molar-refractivity contribution in [2.45, 2.75) is 46.1 Å². The lowest BCUT2D eigenvalue weighted by molar-refractivity contribution is -0.125. The first-order valence-corrected chi connectivity index (χ1v) is 7.76. The summed E-state index contributed by atoms with van der Waals surface area (Å²) in [6.45, 7) is 4.28. The summed E-state index contributed by atoms with van der Waals surface area (Å²) >= 11 is 4.80. The number of benzene rings is 1. The number of halogens is 1. The van der Waals surface area contributed by atoms with Crippen LogP contribution in [0.15, 0.2) is 18.2 Å². The number of hydrogen-bond acceptors (Lipinski definition) is 2. The molecule has 1 rings (SSSR count). The van der Waals surface area contributed by atoms with Crippen molar-refractivity contribution in [3.05, 3.63) is 35.1 Å². The van der Waals surface area contributed by atoms with E-state index in [1.165, 1.54) is 6.07 Å². The molecule has 1 unspecified atom stereocenters. The number of thiocarbonyl (C=S) groups is 1. The molecule has 1 aromatic rings. The SMILES string of the molecule is CCCCC(CC)C(=O)NCc1ccc(C(N)=S)cc1F. The Morgan fingerprint density at radius 1 is 1.43 bits per heavy atom. The predicted molar refractivity (Wildman–Crippen MR) is 87.4 cm³/mol. The van der Waals surface area contributed by atoms with Crippen LogP contribution in [0.25, 0.3) is 0 Å². The highest BCUT2D eigenvalue weighted by Crippen LogP contribution is 2.14. The summed E-state index contributed by atoms with van der Waals surface area (Å²) in [5.74, 6) is -0.408. The van der Waals surface area contributed by atoms with Gasteiger partial charge in [-0.15, -0.1) is 0 Å². The highest BCUT2D eigenvalue weighted by Gasteiger charge is 2.16. The van der Waals surface area contributed by atoms with Crippen molar-refractivity contribution < 1.29 is 9.18 Å². The Morgan fingerprint density at radius 2 is 2.14 bits per heavy atom. The highest BCUT2D eigenvalue weighted by molar-refractivity contribution is 7.80. The molecule has 0 aromatic heterocycles. The van der Waals surface area contributed by atoms with Crippen LogP contribution in [0.4, 0.5) is 4.39 Å². The molecule has 0 bridgehead atoms. The van der Waals surface area contributed by atoms with Gasteiger partial charge >= 0.3 is 0 Å². The minimum Gasteiger partial charge on any atom is -0.389 e. The Morgan fingerprint density at radius 3 is 2.67 bits per heavy atom. The van der Waals surface area contributed by atoms with Gasteiger partial charge in [0.2, 0.25) is 5.91 Å². The maximum Gasteiger partial charge on any atom is 0.223 e. The summed E-state index contributed by atoms with van der Waals surface area (Å²) in [6.07, 6.45) is 3.78. The molecule has 0 fully saturated rings. The van der Waals surface area contributed by atoms with Crippen LogP contribution in [-0.2, 0) is 11.3 Å². The summed E-state index contributed by atoms with van der Waals surface area (Å²) in [5.41, 5.74) is 6.39. The maximum atomic E-state index is 13.9. The third-order valence-electron chi connectivity index (χ3n) is 3.56. The van der Waals surface area contributed by atoms with Gasteiger partial charge in [0.1, 0.15) is 10.8 Å². The van der Waals surface area contributed by atoms with E-state index in [0.717, 1.165) is 25.7 Å². The molecule has 116 valence electrons. The van der Waals surface area contributed by atoms with Gasteiger partial charge in [-0.05, 0) is 18.9 Å². The minimum atomic E-state index is -0.401. The molecular weight excluding hydrogens is 287 g/mol. The number of carbonyl (C=O) groups is 1. The normalized spacial score (nSPS) is 12.0. The molecule has 21 heavy (non-hydrogen) atoms. The number of nitrogens with two attached hydrogens (primary N) is 1. The molecule has 0 aliphatic heterocycles. The first-order valence-electron chi connectivity index (χ1n) is 7.35. The fraction of sp³-hybridized carbons (Fsp3) is 0.500. The van der Waals surface area contributed by atoms with Crippen LogP contribution in [0.5, 0.6) is 0 Å². The van der Waals surface area contributed by atoms with E-state index >= 15 is 0 Å². The Hall–Kier alpha value is -1.49. The number of amides is 1. The Kier molecular flexibility index (Phi) is 7.29. The van der Waals surface area contributed by atoms with Crippen molar-refractivity contribution in [3.63, 3.8) is 0 Å². The fourth-order valence-corrected chi connectivity index (χ4v) is 2.27. The van der Waals surface area contributed by atoms with Crippen molar-refractivity contribution in [1.29, 1.82) is 0 Å². The van der Waals surface area contributed by atoms with Crippen LogP contribution in [0, 0.1) is 11.7 Å². The zero-order valence-electron chi connectivity index (χ0n) is 12.6. The zero-order chi connectivity index (χ0) is 15.8. The first-order chi connectivity index (χ1) is 9.99. The van der Waals surface area contributed by atoms with Gasteiger partial charge in [-0.25, -0.2) is 4.39 Å². The second kappa shape index (κ2) is 8.72. The third-order valence-corrected chi connectivity index (χ3v) is 3.80. The molecular formula is C16H23FN2OS. The van der Waals surface area contributed by atoms with Gasteiger partial charge in [-0.2, -0.15) is 0 Å². The van der Waals surface area contributed by atoms with E-state index in [-0.39, 0.29) is 23.4 Å². The van der Waals surface area contributed by atoms with Crippen LogP contribution in [0.3, 0.4) is 0 Å². The Balaban J connectivity index is 2.62. The standard InChI is InChI=1S/C16H23FN2OS/c1-3-5-6-11(4-2)16(20)19-10-13-8-7-12(15(18)21)9-14(13)17/h7-9,11H,3-6,10H2,1-2H3,(H2,18,21)(H,19,20). The van der Waals surface area contributed by atoms with Crippen molar-refractivity contribution >= 4 is 23.1 Å². The van der Waals surface area contributed by atoms with Gasteiger partial charge in [0, 0.05) is 23.6 Å². The molecule has 0 spiro atoms. The Bertz CT molecular complexity index is 505. The number of carbonyl (C=O) groups excluding carboxylic acids is 1. The topological polar surface area (TPSA) is 55.1 Å². The summed E-state index contributed by atoms with van der Waals surface area (Å²) in [7, 11) is 0. The molecule has 0 radical (unpaired) electrons. The summed E-state index contributed by atoms with van der Waals surface area (Å²) < 4.78 is 13.9. The molecule has 1 amide bonds. The number of hydrogen-bond donors (Lipinski definition) is 2. The lowest BCUT2D eigenvalue weighted by atomic mass is 9.98. The maximum absolute atomic E-state index is 13.9. The van der Waals surface area contributed by atoms with E-state index in [4.69, 9.17) is 18.0 Å². The Labute approximate surface area is 131 Å². The summed E-state index contributed by atoms with van der Waals surface area (Å²) in [4.78, 5) is 12.2. The molecule has 0 aliphatic rings. The molecule has 5 heteroatoms. The zero-order valence-corrected chi connectivity index (χ0v) is 13.4. The largest absolute Gasteiger partial charge is 0.389 e. The molecule has 3 nitrogen and oxygen atoms in total. The van der Waals surface area contributed by atoms with Crippen LogP contribution in [-0.4, -0.2) is 10.9 Å². The molecule has 0 heterocycles. The number of rotatable bonds is 8. The van der Waals surface area contributed by atoms with E-state index in [1.54, 1.807) is 12.1 Å². The smallest absolute Gasteiger partial charge is 0.223 e. The average Bonchev–Trinajstić information content (AvgIpc) is 2.46. The van der Waals surface area contributed by atoms with Crippen LogP contribution < -0.4 is 11.1 Å². The molecule has 0 saturated heterocycles. The van der Waals surface area contributed by atoms with Gasteiger partial charge in [-0.3, -0.25) is 4.79 Å². The van der Waals surface area contributed by atoms with Gasteiger partial charge in [0.25, 0.3) is 0 Å². The minimum absolute atomic E-state index is 0.00361. The van der Waals surface area contributed by atoms with E-state index < -0.39 is 5.82 Å². The number of nitrogens with one attached hydrogen (secondary N) is 1. The van der Waals surface area contributed by atoms with Crippen molar-refractivity contribution in [2.75, 3.05) is 0 Å². The van der Waals surface area contributed by atoms with E-state index in [1.807, 2.05) is 6.92 Å². The monoisotopic (exact) mass is 310 g/mol. The molecule has 0 aliphatic carbocycles.